The predicted molar refractivity (Wildman–Crippen MR) is 545 cm³/mol. The second kappa shape index (κ2) is 44.4. The minimum atomic E-state index is -0.0165. The fourth-order valence-electron chi connectivity index (χ4n) is 15.8. The quantitative estimate of drug-likeness (QED) is 0.0403. The van der Waals surface area contributed by atoms with Crippen molar-refractivity contribution in [3.05, 3.63) is 265 Å². The molecule has 34 nitrogen and oxygen atoms in total. The van der Waals surface area contributed by atoms with Gasteiger partial charge < -0.3 is 73.4 Å². The van der Waals surface area contributed by atoms with Crippen LogP contribution in [0.3, 0.4) is 0 Å². The molecule has 712 valence electrons. The zero-order valence-electron chi connectivity index (χ0n) is 81.3. The van der Waals surface area contributed by atoms with Gasteiger partial charge in [-0.3, -0.25) is 38.7 Å². The van der Waals surface area contributed by atoms with Crippen LogP contribution in [0.2, 0.25) is 0 Å². The van der Waals surface area contributed by atoms with E-state index in [1.54, 1.807) is 116 Å². The van der Waals surface area contributed by atoms with E-state index >= 15 is 0 Å². The molecule has 0 saturated carbocycles. The molecule has 10 aromatic heterocycles. The number of aromatic nitrogens is 19. The lowest BCUT2D eigenvalue weighted by Gasteiger charge is -2.26. The number of aryl methyl sites for hydroxylation is 8. The number of hydrogen-bond acceptors (Lipinski definition) is 30. The molecule has 0 aliphatic carbocycles. The molecule has 8 aromatic carbocycles. The van der Waals surface area contributed by atoms with Gasteiger partial charge in [-0.05, 0) is 144 Å². The molecule has 0 spiro atoms. The highest BCUT2D eigenvalue weighted by molar-refractivity contribution is 5.88. The number of methoxy groups -OCH3 is 8. The smallest absolute Gasteiger partial charge is 0.129 e. The molecule has 10 heterocycles. The summed E-state index contributed by atoms with van der Waals surface area (Å²) >= 11 is 0. The van der Waals surface area contributed by atoms with Gasteiger partial charge in [-0.15, -0.1) is 0 Å². The van der Waals surface area contributed by atoms with E-state index in [4.69, 9.17) is 63.6 Å². The van der Waals surface area contributed by atoms with Crippen molar-refractivity contribution in [2.24, 2.45) is 28.2 Å². The molecule has 0 fully saturated rings. The van der Waals surface area contributed by atoms with E-state index in [-0.39, 0.29) is 13.2 Å². The summed E-state index contributed by atoms with van der Waals surface area (Å²) in [6.07, 6.45) is 16.9. The monoisotopic (exact) mass is 1880 g/mol. The van der Waals surface area contributed by atoms with Gasteiger partial charge in [0.15, 0.2) is 0 Å². The summed E-state index contributed by atoms with van der Waals surface area (Å²) in [5, 5.41) is 36.7. The van der Waals surface area contributed by atoms with Crippen LogP contribution in [0.25, 0.3) is 89.2 Å². The normalized spacial score (nSPS) is 10.8. The largest absolute Gasteiger partial charge is 0.497 e. The molecule has 18 rings (SSSR count). The number of nitrogen functional groups attached to an aromatic ring is 1. The molecule has 0 aliphatic heterocycles. The highest BCUT2D eigenvalue weighted by Gasteiger charge is 2.23. The number of rotatable bonds is 27. The van der Waals surface area contributed by atoms with Gasteiger partial charge in [-0.25, -0.2) is 34.9 Å². The van der Waals surface area contributed by atoms with Crippen LogP contribution in [0, 0.1) is 65.2 Å². The average Bonchev–Trinajstić information content (AvgIpc) is 1.42. The van der Waals surface area contributed by atoms with Crippen molar-refractivity contribution in [3.63, 3.8) is 0 Å². The van der Waals surface area contributed by atoms with Crippen molar-refractivity contribution in [2.45, 2.75) is 48.0 Å². The Balaban J connectivity index is 0.000000142. The van der Waals surface area contributed by atoms with E-state index in [1.165, 1.54) is 0 Å². The van der Waals surface area contributed by atoms with Crippen molar-refractivity contribution >= 4 is 95.5 Å². The number of fused-ring (bicyclic) bond motifs is 4. The molecular weight excluding hydrogens is 1770 g/mol. The second-order valence-electron chi connectivity index (χ2n) is 32.5. The lowest BCUT2D eigenvalue weighted by atomic mass is 10.1. The van der Waals surface area contributed by atoms with Gasteiger partial charge in [0, 0.05) is 224 Å². The average molecular weight is 1880 g/mol. The first-order chi connectivity index (χ1) is 67.8. The number of anilines is 9. The Morgan fingerprint density at radius 2 is 0.671 bits per heavy atom. The minimum Gasteiger partial charge on any atom is -0.497 e. The van der Waals surface area contributed by atoms with Crippen molar-refractivity contribution < 1.29 is 48.1 Å². The Labute approximate surface area is 810 Å². The molecule has 0 radical (unpaired) electrons. The topological polar surface area (TPSA) is 366 Å². The van der Waals surface area contributed by atoms with Crippen molar-refractivity contribution in [2.75, 3.05) is 122 Å². The highest BCUT2D eigenvalue weighted by atomic mass is 16.5. The summed E-state index contributed by atoms with van der Waals surface area (Å²) < 4.78 is 51.0. The van der Waals surface area contributed by atoms with Gasteiger partial charge in [-0.2, -0.15) is 20.4 Å². The van der Waals surface area contributed by atoms with Crippen LogP contribution in [-0.2, 0) is 28.2 Å². The number of nitrogens with zero attached hydrogens (tertiary/aromatic N) is 23. The van der Waals surface area contributed by atoms with Crippen LogP contribution in [-0.4, -0.2) is 200 Å². The lowest BCUT2D eigenvalue weighted by Crippen LogP contribution is -2.21. The van der Waals surface area contributed by atoms with Crippen molar-refractivity contribution in [1.82, 2.24) is 93.9 Å². The van der Waals surface area contributed by atoms with Gasteiger partial charge in [-0.1, -0.05) is 17.9 Å². The summed E-state index contributed by atoms with van der Waals surface area (Å²) in [5.41, 5.74) is 32.4. The number of aliphatic hydroxyl groups is 2. The lowest BCUT2D eigenvalue weighted by molar-refractivity contribution is 0.291. The third-order valence-corrected chi connectivity index (χ3v) is 23.0. The standard InChI is InChI=1S/C29H26N6O2.C28H26N8O2.C25H29N5O3.C24H27N5O3/c1-20-7-8-22(30-16-20)6-5-11-35(24-12-25(36-3)15-26(13-24)37-4)23-9-10-27-28(14-23)33-29(18-31-27)21-17-32-34(2)19-21;1-18-32-20(10-28(29)33-18)6-5-9-36(22-11-23(37-3)14-24(12-22)38-4)21-7-8-25-26(13-21)34-27(16-30-25)19-15-31-35(2)17-19;1-16-25(17(2)29(3)28-16)24-15-26-22-8-7-18(13-23(22)27-24)30(9-6-10-31)19-11-20(32-4)14-21(12-19)33-5;1-15-24(16(2)28(3)27-15)23-14-25-21-7-6-17(12-22(21)26-23)29(8-9-30)18-10-19(31-4)13-20(11-18)32-5/h7-10,12-19H,11H2,1-4H3;7-8,10-17H,9H2,1-4H3,(H2,29,32,33);7-8,11-15,31H,6,9-10H2,1-5H3;6-7,10-14,30H,8-9H2,1-5H3. The van der Waals surface area contributed by atoms with Crippen LogP contribution in [0.1, 0.15) is 52.0 Å². The second-order valence-corrected chi connectivity index (χ2v) is 32.5. The summed E-state index contributed by atoms with van der Waals surface area (Å²) in [4.78, 5) is 59.1. The van der Waals surface area contributed by atoms with E-state index in [1.807, 2.05) is 258 Å². The van der Waals surface area contributed by atoms with Gasteiger partial charge >= 0.3 is 0 Å². The van der Waals surface area contributed by atoms with Gasteiger partial charge in [0.1, 0.15) is 69.0 Å². The molecule has 0 atom stereocenters. The third-order valence-electron chi connectivity index (χ3n) is 23.0. The number of benzene rings is 8. The molecule has 4 N–H and O–H groups in total. The van der Waals surface area contributed by atoms with Crippen LogP contribution in [0.5, 0.6) is 46.0 Å². The van der Waals surface area contributed by atoms with E-state index in [9.17, 15) is 10.2 Å². The highest BCUT2D eigenvalue weighted by Crippen LogP contribution is 2.41. The van der Waals surface area contributed by atoms with Crippen LogP contribution in [0.15, 0.2) is 220 Å². The number of ether oxygens (including phenoxy) is 8. The molecule has 34 heteroatoms. The Bertz CT molecular complexity index is 7520. The molecule has 0 bridgehead atoms. The summed E-state index contributed by atoms with van der Waals surface area (Å²) in [6, 6.07) is 52.2. The van der Waals surface area contributed by atoms with Gasteiger partial charge in [0.2, 0.25) is 0 Å². The molecule has 0 unspecified atom stereocenters. The Morgan fingerprint density at radius 1 is 0.329 bits per heavy atom. The first-order valence-corrected chi connectivity index (χ1v) is 44.7. The first kappa shape index (κ1) is 97.2. The Kier molecular flexibility index (Phi) is 30.8. The zero-order valence-corrected chi connectivity index (χ0v) is 81.3. The van der Waals surface area contributed by atoms with Crippen LogP contribution >= 0.6 is 0 Å². The van der Waals surface area contributed by atoms with Gasteiger partial charge in [0.05, 0.1) is 192 Å². The molecule has 18 aromatic rings. The molecule has 0 aliphatic rings. The fourth-order valence-corrected chi connectivity index (χ4v) is 15.8. The van der Waals surface area contributed by atoms with E-state index in [2.05, 4.69) is 88.8 Å². The maximum Gasteiger partial charge on any atom is 0.129 e. The molecule has 140 heavy (non-hydrogen) atoms. The fraction of sp³-hybridized carbons (Fsp3) is 0.236. The Hall–Kier alpha value is -17.4. The van der Waals surface area contributed by atoms with E-state index in [0.29, 0.717) is 95.9 Å². The third kappa shape index (κ3) is 23.1. The molecule has 0 amide bonds. The van der Waals surface area contributed by atoms with Crippen LogP contribution in [0.4, 0.5) is 51.3 Å². The van der Waals surface area contributed by atoms with E-state index < -0.39 is 0 Å². The minimum absolute atomic E-state index is 0.0165. The molecular formula is C106H108N24O10. The number of nitrogens with two attached hydrogens (primary N) is 1. The maximum atomic E-state index is 9.74. The first-order valence-electron chi connectivity index (χ1n) is 44.7. The van der Waals surface area contributed by atoms with Crippen molar-refractivity contribution in [3.8, 4) is 115 Å². The number of aliphatic hydroxyl groups excluding tert-OH is 2. The van der Waals surface area contributed by atoms with Crippen molar-refractivity contribution in [1.29, 1.82) is 0 Å². The number of pyridine rings is 1. The summed E-state index contributed by atoms with van der Waals surface area (Å²) in [7, 11) is 20.6. The summed E-state index contributed by atoms with van der Waals surface area (Å²) in [6.45, 7) is 13.7. The van der Waals surface area contributed by atoms with E-state index in [0.717, 1.165) is 169 Å². The van der Waals surface area contributed by atoms with Crippen LogP contribution < -0.4 is 63.2 Å². The predicted octanol–water partition coefficient (Wildman–Crippen LogP) is 16.8. The Morgan fingerprint density at radius 3 is 0.986 bits per heavy atom. The molecule has 0 saturated heterocycles. The van der Waals surface area contributed by atoms with Gasteiger partial charge in [0.25, 0.3) is 0 Å². The number of hydrogen-bond donors (Lipinski definition) is 3. The summed E-state index contributed by atoms with van der Waals surface area (Å²) in [5.74, 6) is 19.1. The SMILES string of the molecule is COc1cc(OC)cc(N(CC#Cc2cc(N)nc(C)n2)c2ccc3ncc(-c4cnn(C)c4)nc3c2)c1.COc1cc(OC)cc(N(CC#Cc2ccc(C)cn2)c2ccc3ncc(-c4cnn(C)c4)nc3c2)c1.COc1cc(OC)cc(N(CCCO)c2ccc3ncc(-c4c(C)nn(C)c4C)nc3c2)c1.COc1cc(OC)cc(N(CCO)c2ccc3ncc(-c4c(C)nn(C)c4C)nc3c2)c1. The zero-order chi connectivity index (χ0) is 98.8. The maximum absolute atomic E-state index is 9.74.